The van der Waals surface area contributed by atoms with Crippen molar-refractivity contribution < 1.29 is 5.11 Å². The van der Waals surface area contributed by atoms with Gasteiger partial charge >= 0.3 is 0 Å². The van der Waals surface area contributed by atoms with Gasteiger partial charge in [-0.1, -0.05) is 20.8 Å². The van der Waals surface area contributed by atoms with Crippen LogP contribution >= 0.6 is 15.9 Å². The Morgan fingerprint density at radius 1 is 1.33 bits per heavy atom. The molecule has 1 heterocycles. The fraction of sp³-hybridized carbons (Fsp3) is 0.769. The summed E-state index contributed by atoms with van der Waals surface area (Å²) in [5.41, 5.74) is 1.61. The highest BCUT2D eigenvalue weighted by atomic mass is 79.9. The summed E-state index contributed by atoms with van der Waals surface area (Å²) in [7, 11) is 1.95. The molecule has 0 radical (unpaired) electrons. The van der Waals surface area contributed by atoms with Crippen LogP contribution in [0.15, 0.2) is 4.47 Å². The molecule has 1 aromatic heterocycles. The van der Waals surface area contributed by atoms with Gasteiger partial charge in [-0.3, -0.25) is 4.68 Å². The van der Waals surface area contributed by atoms with E-state index >= 15 is 0 Å². The van der Waals surface area contributed by atoms with Crippen LogP contribution in [0.5, 0.6) is 0 Å². The Balaban J connectivity index is 2.62. The first-order valence-electron chi connectivity index (χ1n) is 6.60. The summed E-state index contributed by atoms with van der Waals surface area (Å²) in [6.07, 6.45) is 2.45. The summed E-state index contributed by atoms with van der Waals surface area (Å²) < 4.78 is 2.98. The smallest absolute Gasteiger partial charge is 0.0767 e. The molecule has 104 valence electrons. The minimum atomic E-state index is -0.599. The number of hydrogen-bond donors (Lipinski definition) is 2. The van der Waals surface area contributed by atoms with Crippen LogP contribution in [0.1, 0.15) is 45.0 Å². The third-order valence-corrected chi connectivity index (χ3v) is 4.48. The van der Waals surface area contributed by atoms with E-state index < -0.39 is 5.60 Å². The Hall–Kier alpha value is -0.390. The Kier molecular flexibility index (Phi) is 5.82. The molecule has 0 fully saturated rings. The molecule has 0 bridgehead atoms. The van der Waals surface area contributed by atoms with Crippen molar-refractivity contribution in [2.24, 2.45) is 7.05 Å². The molecule has 5 heteroatoms. The molecule has 1 aromatic rings. The van der Waals surface area contributed by atoms with E-state index in [1.165, 1.54) is 0 Å². The zero-order valence-corrected chi connectivity index (χ0v) is 13.3. The largest absolute Gasteiger partial charge is 0.389 e. The molecular formula is C13H24BrN3O. The minimum Gasteiger partial charge on any atom is -0.389 e. The van der Waals surface area contributed by atoms with Crippen LogP contribution in [0.2, 0.25) is 0 Å². The lowest BCUT2D eigenvalue weighted by Crippen LogP contribution is -2.39. The van der Waals surface area contributed by atoms with Crippen molar-refractivity contribution in [3.05, 3.63) is 15.9 Å². The zero-order valence-electron chi connectivity index (χ0n) is 11.8. The second-order valence-electron chi connectivity index (χ2n) is 4.72. The average molecular weight is 318 g/mol. The summed E-state index contributed by atoms with van der Waals surface area (Å²) >= 11 is 3.59. The first kappa shape index (κ1) is 15.7. The van der Waals surface area contributed by atoms with E-state index in [0.29, 0.717) is 13.1 Å². The highest BCUT2D eigenvalue weighted by Crippen LogP contribution is 2.21. The van der Waals surface area contributed by atoms with Gasteiger partial charge in [-0.2, -0.15) is 5.10 Å². The maximum atomic E-state index is 10.2. The molecule has 2 N–H and O–H groups in total. The van der Waals surface area contributed by atoms with Crippen LogP contribution in [0, 0.1) is 0 Å². The molecule has 0 saturated carbocycles. The van der Waals surface area contributed by atoms with E-state index in [1.807, 2.05) is 25.6 Å². The molecule has 0 aromatic carbocycles. The van der Waals surface area contributed by atoms with E-state index in [-0.39, 0.29) is 0 Å². The van der Waals surface area contributed by atoms with Gasteiger partial charge in [0.15, 0.2) is 0 Å². The van der Waals surface area contributed by atoms with Gasteiger partial charge in [-0.15, -0.1) is 0 Å². The lowest BCUT2D eigenvalue weighted by molar-refractivity contribution is 0.0321. The van der Waals surface area contributed by atoms with E-state index in [4.69, 9.17) is 0 Å². The molecule has 0 spiro atoms. The second kappa shape index (κ2) is 6.68. The normalized spacial score (nSPS) is 12.1. The van der Waals surface area contributed by atoms with Crippen molar-refractivity contribution in [3.8, 4) is 0 Å². The molecule has 0 amide bonds. The Labute approximate surface area is 118 Å². The lowest BCUT2D eigenvalue weighted by Gasteiger charge is -2.25. The Bertz CT molecular complexity index is 386. The van der Waals surface area contributed by atoms with Crippen molar-refractivity contribution >= 4 is 15.9 Å². The quantitative estimate of drug-likeness (QED) is 0.811. The number of aryl methyl sites for hydroxylation is 2. The van der Waals surface area contributed by atoms with Gasteiger partial charge < -0.3 is 10.4 Å². The van der Waals surface area contributed by atoms with Gasteiger partial charge in [0.1, 0.15) is 0 Å². The topological polar surface area (TPSA) is 50.1 Å². The van der Waals surface area contributed by atoms with Gasteiger partial charge in [-0.25, -0.2) is 0 Å². The molecule has 4 nitrogen and oxygen atoms in total. The standard InChI is InChI=1S/C13H24BrN3O/c1-5-10-12(14)11(17(4)16-10)8-15-9-13(18,6-2)7-3/h15,18H,5-9H2,1-4H3. The summed E-state index contributed by atoms with van der Waals surface area (Å²) in [5, 5.41) is 18.0. The van der Waals surface area contributed by atoms with Crippen molar-refractivity contribution in [1.82, 2.24) is 15.1 Å². The molecule has 0 aliphatic heterocycles. The number of aliphatic hydroxyl groups is 1. The first-order chi connectivity index (χ1) is 8.47. The maximum absolute atomic E-state index is 10.2. The summed E-state index contributed by atoms with van der Waals surface area (Å²) in [5.74, 6) is 0. The van der Waals surface area contributed by atoms with Gasteiger partial charge in [0, 0.05) is 20.1 Å². The molecule has 0 aliphatic carbocycles. The maximum Gasteiger partial charge on any atom is 0.0767 e. The van der Waals surface area contributed by atoms with E-state index in [1.54, 1.807) is 0 Å². The molecule has 18 heavy (non-hydrogen) atoms. The molecule has 0 aliphatic rings. The predicted octanol–water partition coefficient (Wildman–Crippen LogP) is 2.39. The van der Waals surface area contributed by atoms with Crippen LogP contribution in [0.3, 0.4) is 0 Å². The Morgan fingerprint density at radius 2 is 1.94 bits per heavy atom. The van der Waals surface area contributed by atoms with Crippen molar-refractivity contribution in [2.45, 2.75) is 52.2 Å². The minimum absolute atomic E-state index is 0.599. The van der Waals surface area contributed by atoms with E-state index in [0.717, 1.165) is 35.1 Å². The van der Waals surface area contributed by atoms with Gasteiger partial charge in [0.25, 0.3) is 0 Å². The first-order valence-corrected chi connectivity index (χ1v) is 7.40. The molecule has 1 rings (SSSR count). The molecule has 0 atom stereocenters. The zero-order chi connectivity index (χ0) is 13.8. The second-order valence-corrected chi connectivity index (χ2v) is 5.51. The number of nitrogens with zero attached hydrogens (tertiary/aromatic N) is 2. The van der Waals surface area contributed by atoms with Gasteiger partial charge in [-0.05, 0) is 35.2 Å². The number of hydrogen-bond acceptors (Lipinski definition) is 3. The SMILES string of the molecule is CCc1nn(C)c(CNCC(O)(CC)CC)c1Br. The molecular weight excluding hydrogens is 294 g/mol. The highest BCUT2D eigenvalue weighted by molar-refractivity contribution is 9.10. The fourth-order valence-electron chi connectivity index (χ4n) is 1.93. The molecule has 0 saturated heterocycles. The lowest BCUT2D eigenvalue weighted by atomic mass is 9.98. The van der Waals surface area contributed by atoms with E-state index in [9.17, 15) is 5.11 Å². The van der Waals surface area contributed by atoms with Crippen molar-refractivity contribution in [3.63, 3.8) is 0 Å². The van der Waals surface area contributed by atoms with Crippen LogP contribution in [-0.4, -0.2) is 27.0 Å². The monoisotopic (exact) mass is 317 g/mol. The third-order valence-electron chi connectivity index (χ3n) is 3.57. The summed E-state index contributed by atoms with van der Waals surface area (Å²) in [4.78, 5) is 0. The highest BCUT2D eigenvalue weighted by Gasteiger charge is 2.22. The number of halogens is 1. The van der Waals surface area contributed by atoms with Crippen LogP contribution < -0.4 is 5.32 Å². The number of aromatic nitrogens is 2. The summed E-state index contributed by atoms with van der Waals surface area (Å²) in [6.45, 7) is 7.45. The summed E-state index contributed by atoms with van der Waals surface area (Å²) in [6, 6.07) is 0. The van der Waals surface area contributed by atoms with Crippen LogP contribution in [0.4, 0.5) is 0 Å². The Morgan fingerprint density at radius 3 is 2.39 bits per heavy atom. The number of rotatable bonds is 7. The van der Waals surface area contributed by atoms with Crippen molar-refractivity contribution in [2.75, 3.05) is 6.54 Å². The predicted molar refractivity (Wildman–Crippen MR) is 77.5 cm³/mol. The van der Waals surface area contributed by atoms with Gasteiger partial charge in [0.05, 0.1) is 21.5 Å². The van der Waals surface area contributed by atoms with Crippen LogP contribution in [0.25, 0.3) is 0 Å². The van der Waals surface area contributed by atoms with E-state index in [2.05, 4.69) is 33.3 Å². The number of nitrogens with one attached hydrogen (secondary N) is 1. The van der Waals surface area contributed by atoms with Crippen molar-refractivity contribution in [1.29, 1.82) is 0 Å². The average Bonchev–Trinajstić information content (AvgIpc) is 2.65. The third kappa shape index (κ3) is 3.56. The molecule has 0 unspecified atom stereocenters. The van der Waals surface area contributed by atoms with Crippen LogP contribution in [-0.2, 0) is 20.0 Å². The fourth-order valence-corrected chi connectivity index (χ4v) is 2.68. The van der Waals surface area contributed by atoms with Gasteiger partial charge in [0.2, 0.25) is 0 Å².